The Hall–Kier alpha value is -3.12. The number of rotatable bonds is 2. The Morgan fingerprint density at radius 1 is 1.00 bits per heavy atom. The first-order valence-corrected chi connectivity index (χ1v) is 7.99. The molecule has 2 aromatic carbocycles. The summed E-state index contributed by atoms with van der Waals surface area (Å²) in [5.41, 5.74) is 5.32. The van der Waals surface area contributed by atoms with Crippen LogP contribution in [0.5, 0.6) is 0 Å². The minimum Gasteiger partial charge on any atom is -0.456 e. The smallest absolute Gasteiger partial charge is 0.136 e. The van der Waals surface area contributed by atoms with Crippen molar-refractivity contribution in [3.8, 4) is 17.3 Å². The maximum atomic E-state index is 9.44. The van der Waals surface area contributed by atoms with Gasteiger partial charge < -0.3 is 4.42 Å². The normalized spacial score (nSPS) is 11.2. The first kappa shape index (κ1) is 14.5. The van der Waals surface area contributed by atoms with Crippen molar-refractivity contribution in [1.29, 1.82) is 5.26 Å². The van der Waals surface area contributed by atoms with Crippen LogP contribution in [-0.2, 0) is 0 Å². The van der Waals surface area contributed by atoms with Crippen LogP contribution in [-0.4, -0.2) is 4.98 Å². The monoisotopic (exact) mass is 312 g/mol. The maximum absolute atomic E-state index is 9.44. The van der Waals surface area contributed by atoms with E-state index in [0.717, 1.165) is 38.8 Å². The number of pyridine rings is 1. The topological polar surface area (TPSA) is 49.8 Å². The number of furan rings is 1. The molecule has 4 aromatic rings. The molecule has 0 fully saturated rings. The van der Waals surface area contributed by atoms with Crippen molar-refractivity contribution in [3.05, 3.63) is 65.9 Å². The Balaban J connectivity index is 1.96. The Bertz CT molecular complexity index is 1090. The van der Waals surface area contributed by atoms with Crippen molar-refractivity contribution < 1.29 is 4.42 Å². The molecule has 0 aliphatic carbocycles. The van der Waals surface area contributed by atoms with Gasteiger partial charge in [0.1, 0.15) is 11.2 Å². The average Bonchev–Trinajstić information content (AvgIpc) is 2.97. The van der Waals surface area contributed by atoms with Crippen LogP contribution in [0.1, 0.15) is 30.9 Å². The highest BCUT2D eigenvalue weighted by Crippen LogP contribution is 2.34. The zero-order chi connectivity index (χ0) is 16.7. The van der Waals surface area contributed by atoms with Crippen LogP contribution < -0.4 is 0 Å². The molecule has 0 saturated carbocycles. The van der Waals surface area contributed by atoms with Gasteiger partial charge in [0.15, 0.2) is 0 Å². The summed E-state index contributed by atoms with van der Waals surface area (Å²) in [5, 5.41) is 11.4. The first-order chi connectivity index (χ1) is 11.7. The second-order valence-corrected chi connectivity index (χ2v) is 6.23. The van der Waals surface area contributed by atoms with Crippen LogP contribution in [0.15, 0.2) is 59.1 Å². The van der Waals surface area contributed by atoms with E-state index in [1.54, 1.807) is 6.20 Å². The second kappa shape index (κ2) is 5.50. The van der Waals surface area contributed by atoms with Gasteiger partial charge in [0.05, 0.1) is 17.3 Å². The summed E-state index contributed by atoms with van der Waals surface area (Å²) in [7, 11) is 0. The van der Waals surface area contributed by atoms with Crippen molar-refractivity contribution in [2.45, 2.75) is 19.8 Å². The minimum atomic E-state index is 0.279. The summed E-state index contributed by atoms with van der Waals surface area (Å²) >= 11 is 0. The fourth-order valence-corrected chi connectivity index (χ4v) is 3.11. The van der Waals surface area contributed by atoms with E-state index in [-0.39, 0.29) is 5.92 Å². The molecule has 0 unspecified atom stereocenters. The summed E-state index contributed by atoms with van der Waals surface area (Å²) in [4.78, 5) is 4.39. The lowest BCUT2D eigenvalue weighted by Crippen LogP contribution is -1.92. The summed E-state index contributed by atoms with van der Waals surface area (Å²) in [6.07, 6.45) is 1.78. The lowest BCUT2D eigenvalue weighted by Gasteiger charge is -2.07. The van der Waals surface area contributed by atoms with Crippen molar-refractivity contribution in [2.75, 3.05) is 0 Å². The number of benzene rings is 2. The SMILES string of the molecule is CC(C)c1cc2oc3cc(-c4ccccn4)ccc3c2cc1C#N. The van der Waals surface area contributed by atoms with Crippen LogP contribution in [0.25, 0.3) is 33.2 Å². The summed E-state index contributed by atoms with van der Waals surface area (Å²) in [6, 6.07) is 18.2. The maximum Gasteiger partial charge on any atom is 0.136 e. The third-order valence-electron chi connectivity index (χ3n) is 4.35. The molecule has 0 aliphatic rings. The number of aromatic nitrogens is 1. The zero-order valence-electron chi connectivity index (χ0n) is 13.6. The fraction of sp³-hybridized carbons (Fsp3) is 0.143. The van der Waals surface area contributed by atoms with Crippen LogP contribution in [0.3, 0.4) is 0 Å². The van der Waals surface area contributed by atoms with Gasteiger partial charge in [0.25, 0.3) is 0 Å². The molecule has 0 spiro atoms. The number of nitriles is 1. The predicted molar refractivity (Wildman–Crippen MR) is 95.8 cm³/mol. The van der Waals surface area contributed by atoms with Gasteiger partial charge in [-0.15, -0.1) is 0 Å². The van der Waals surface area contributed by atoms with E-state index in [9.17, 15) is 5.26 Å². The van der Waals surface area contributed by atoms with E-state index in [1.807, 2.05) is 48.5 Å². The molecule has 24 heavy (non-hydrogen) atoms. The molecule has 0 aliphatic heterocycles. The van der Waals surface area contributed by atoms with Crippen molar-refractivity contribution in [3.63, 3.8) is 0 Å². The molecule has 0 bridgehead atoms. The molecular formula is C21H16N2O. The van der Waals surface area contributed by atoms with Gasteiger partial charge in [-0.3, -0.25) is 4.98 Å². The Labute approximate surface area is 140 Å². The van der Waals surface area contributed by atoms with Gasteiger partial charge in [-0.05, 0) is 47.9 Å². The van der Waals surface area contributed by atoms with Crippen molar-refractivity contribution >= 4 is 21.9 Å². The van der Waals surface area contributed by atoms with Crippen molar-refractivity contribution in [1.82, 2.24) is 4.98 Å². The quantitative estimate of drug-likeness (QED) is 0.481. The van der Waals surface area contributed by atoms with Crippen molar-refractivity contribution in [2.24, 2.45) is 0 Å². The highest BCUT2D eigenvalue weighted by atomic mass is 16.3. The van der Waals surface area contributed by atoms with E-state index in [1.165, 1.54) is 0 Å². The number of nitrogens with zero attached hydrogens (tertiary/aromatic N) is 2. The number of hydrogen-bond donors (Lipinski definition) is 0. The third-order valence-corrected chi connectivity index (χ3v) is 4.35. The van der Waals surface area contributed by atoms with Gasteiger partial charge >= 0.3 is 0 Å². The summed E-state index contributed by atoms with van der Waals surface area (Å²) in [5.74, 6) is 0.279. The fourth-order valence-electron chi connectivity index (χ4n) is 3.11. The highest BCUT2D eigenvalue weighted by Gasteiger charge is 2.14. The summed E-state index contributed by atoms with van der Waals surface area (Å²) < 4.78 is 6.07. The van der Waals surface area contributed by atoms with Crippen LogP contribution in [0.4, 0.5) is 0 Å². The predicted octanol–water partition coefficient (Wildman–Crippen LogP) is 5.64. The van der Waals surface area contributed by atoms with E-state index >= 15 is 0 Å². The Morgan fingerprint density at radius 2 is 1.83 bits per heavy atom. The number of hydrogen-bond acceptors (Lipinski definition) is 3. The van der Waals surface area contributed by atoms with Gasteiger partial charge in [-0.1, -0.05) is 26.0 Å². The van der Waals surface area contributed by atoms with E-state index < -0.39 is 0 Å². The van der Waals surface area contributed by atoms with Crippen LogP contribution >= 0.6 is 0 Å². The third kappa shape index (κ3) is 2.24. The van der Waals surface area contributed by atoms with Gasteiger partial charge in [0, 0.05) is 22.5 Å². The van der Waals surface area contributed by atoms with Gasteiger partial charge in [-0.25, -0.2) is 0 Å². The molecule has 0 radical (unpaired) electrons. The lowest BCUT2D eigenvalue weighted by molar-refractivity contribution is 0.667. The molecule has 2 heterocycles. The first-order valence-electron chi connectivity index (χ1n) is 7.99. The van der Waals surface area contributed by atoms with Crippen LogP contribution in [0, 0.1) is 11.3 Å². The molecule has 0 amide bonds. The Morgan fingerprint density at radius 3 is 2.54 bits per heavy atom. The molecule has 0 saturated heterocycles. The zero-order valence-corrected chi connectivity index (χ0v) is 13.6. The van der Waals surface area contributed by atoms with E-state index in [2.05, 4.69) is 24.9 Å². The largest absolute Gasteiger partial charge is 0.456 e. The molecule has 0 N–H and O–H groups in total. The summed E-state index contributed by atoms with van der Waals surface area (Å²) in [6.45, 7) is 4.17. The molecule has 0 atom stereocenters. The molecule has 4 rings (SSSR count). The van der Waals surface area contributed by atoms with Gasteiger partial charge in [-0.2, -0.15) is 5.26 Å². The standard InChI is InChI=1S/C21H16N2O/c1-13(2)17-11-21-18(9-15(17)12-22)16-7-6-14(10-20(16)24-21)19-5-3-4-8-23-19/h3-11,13H,1-2H3. The molecule has 2 aromatic heterocycles. The second-order valence-electron chi connectivity index (χ2n) is 6.23. The number of fused-ring (bicyclic) bond motifs is 3. The Kier molecular flexibility index (Phi) is 3.32. The molecule has 3 nitrogen and oxygen atoms in total. The molecule has 3 heteroatoms. The molecule has 116 valence electrons. The van der Waals surface area contributed by atoms with E-state index in [4.69, 9.17) is 4.42 Å². The highest BCUT2D eigenvalue weighted by molar-refractivity contribution is 6.06. The minimum absolute atomic E-state index is 0.279. The average molecular weight is 312 g/mol. The van der Waals surface area contributed by atoms with Crippen LogP contribution in [0.2, 0.25) is 0 Å². The lowest BCUT2D eigenvalue weighted by atomic mass is 9.96. The van der Waals surface area contributed by atoms with E-state index in [0.29, 0.717) is 5.56 Å². The molecular weight excluding hydrogens is 296 g/mol. The van der Waals surface area contributed by atoms with Gasteiger partial charge in [0.2, 0.25) is 0 Å².